The van der Waals surface area contributed by atoms with Crippen LogP contribution >= 0.6 is 11.6 Å². The standard InChI is InChI=1S/C30H34ClN3O2/c1-2-3-4-5-6-7-8-14-23-30(36-26-15-10-9-11-16-26,29(35)24-19-21-25(31)22-20-24)34-28-18-13-12-17-27(28)32-33-34/h9-13,15-22H,2-8,14,23H2,1H3. The van der Waals surface area contributed by atoms with Gasteiger partial charge in [-0.15, -0.1) is 5.10 Å². The minimum absolute atomic E-state index is 0.165. The molecule has 1 aromatic heterocycles. The molecule has 0 spiro atoms. The minimum Gasteiger partial charge on any atom is -0.458 e. The maximum atomic E-state index is 14.3. The van der Waals surface area contributed by atoms with Crippen LogP contribution < -0.4 is 4.74 Å². The number of aromatic nitrogens is 3. The van der Waals surface area contributed by atoms with Crippen molar-refractivity contribution in [1.82, 2.24) is 15.0 Å². The monoisotopic (exact) mass is 503 g/mol. The van der Waals surface area contributed by atoms with Crippen molar-refractivity contribution in [3.8, 4) is 5.75 Å². The van der Waals surface area contributed by atoms with Crippen molar-refractivity contribution in [3.63, 3.8) is 0 Å². The number of para-hydroxylation sites is 2. The molecule has 0 saturated heterocycles. The molecule has 1 heterocycles. The van der Waals surface area contributed by atoms with Crippen LogP contribution in [0.1, 0.15) is 75.1 Å². The number of carbonyl (C=O) groups excluding carboxylic acids is 1. The van der Waals surface area contributed by atoms with E-state index in [0.717, 1.165) is 30.3 Å². The highest BCUT2D eigenvalue weighted by molar-refractivity contribution is 6.30. The van der Waals surface area contributed by atoms with E-state index in [1.807, 2.05) is 54.6 Å². The highest BCUT2D eigenvalue weighted by Crippen LogP contribution is 2.34. The van der Waals surface area contributed by atoms with Gasteiger partial charge in [-0.05, 0) is 55.0 Å². The Hall–Kier alpha value is -3.18. The molecule has 0 fully saturated rings. The summed E-state index contributed by atoms with van der Waals surface area (Å²) >= 11 is 6.13. The number of ketones is 1. The molecule has 0 N–H and O–H groups in total. The molecular formula is C30H34ClN3O2. The summed E-state index contributed by atoms with van der Waals surface area (Å²) in [5, 5.41) is 9.41. The van der Waals surface area contributed by atoms with Gasteiger partial charge in [-0.1, -0.05) is 99.0 Å². The van der Waals surface area contributed by atoms with Crippen LogP contribution in [0.3, 0.4) is 0 Å². The molecule has 188 valence electrons. The minimum atomic E-state index is -1.38. The summed E-state index contributed by atoms with van der Waals surface area (Å²) in [5.74, 6) is 0.445. The summed E-state index contributed by atoms with van der Waals surface area (Å²) in [5.41, 5.74) is 0.621. The van der Waals surface area contributed by atoms with Gasteiger partial charge in [0.05, 0.1) is 5.52 Å². The number of halogens is 1. The van der Waals surface area contributed by atoms with E-state index in [1.54, 1.807) is 28.9 Å². The normalized spacial score (nSPS) is 12.9. The predicted molar refractivity (Wildman–Crippen MR) is 146 cm³/mol. The Labute approximate surface area is 218 Å². The topological polar surface area (TPSA) is 57.0 Å². The number of hydrogen-bond acceptors (Lipinski definition) is 4. The van der Waals surface area contributed by atoms with Crippen molar-refractivity contribution in [2.45, 2.75) is 70.4 Å². The largest absolute Gasteiger partial charge is 0.458 e. The van der Waals surface area contributed by atoms with E-state index in [2.05, 4.69) is 17.2 Å². The zero-order chi connectivity index (χ0) is 25.2. The van der Waals surface area contributed by atoms with E-state index >= 15 is 0 Å². The summed E-state index contributed by atoms with van der Waals surface area (Å²) in [6, 6.07) is 24.1. The molecule has 0 radical (unpaired) electrons. The van der Waals surface area contributed by atoms with Crippen LogP contribution in [0.5, 0.6) is 5.75 Å². The molecular weight excluding hydrogens is 470 g/mol. The molecule has 1 atom stereocenters. The number of nitrogens with zero attached hydrogens (tertiary/aromatic N) is 3. The van der Waals surface area contributed by atoms with Crippen LogP contribution in [0.15, 0.2) is 78.9 Å². The van der Waals surface area contributed by atoms with Gasteiger partial charge in [0.15, 0.2) is 0 Å². The van der Waals surface area contributed by atoms with Gasteiger partial charge in [0.1, 0.15) is 11.3 Å². The lowest BCUT2D eigenvalue weighted by molar-refractivity contribution is -0.00967. The van der Waals surface area contributed by atoms with Crippen molar-refractivity contribution in [1.29, 1.82) is 0 Å². The third-order valence-corrected chi connectivity index (χ3v) is 6.81. The van der Waals surface area contributed by atoms with Gasteiger partial charge < -0.3 is 4.74 Å². The maximum Gasteiger partial charge on any atom is 0.266 e. The van der Waals surface area contributed by atoms with Crippen LogP contribution in [0.4, 0.5) is 0 Å². The predicted octanol–water partition coefficient (Wildman–Crippen LogP) is 8.23. The molecule has 4 aromatic rings. The molecule has 0 aliphatic carbocycles. The summed E-state index contributed by atoms with van der Waals surface area (Å²) in [4.78, 5) is 14.3. The van der Waals surface area contributed by atoms with Gasteiger partial charge >= 0.3 is 0 Å². The van der Waals surface area contributed by atoms with E-state index in [9.17, 15) is 4.79 Å². The van der Waals surface area contributed by atoms with Crippen molar-refractivity contribution in [3.05, 3.63) is 89.4 Å². The molecule has 0 aliphatic rings. The fourth-order valence-electron chi connectivity index (χ4n) is 4.60. The van der Waals surface area contributed by atoms with Crippen molar-refractivity contribution >= 4 is 28.4 Å². The van der Waals surface area contributed by atoms with E-state index in [4.69, 9.17) is 16.3 Å². The van der Waals surface area contributed by atoms with Crippen LogP contribution in [-0.2, 0) is 5.72 Å². The van der Waals surface area contributed by atoms with Crippen molar-refractivity contribution < 1.29 is 9.53 Å². The fourth-order valence-corrected chi connectivity index (χ4v) is 4.73. The molecule has 4 rings (SSSR count). The second kappa shape index (κ2) is 12.7. The lowest BCUT2D eigenvalue weighted by Crippen LogP contribution is -2.48. The highest BCUT2D eigenvalue weighted by Gasteiger charge is 2.45. The third kappa shape index (κ3) is 6.14. The second-order valence-corrected chi connectivity index (χ2v) is 9.69. The number of carbonyl (C=O) groups is 1. The van der Waals surface area contributed by atoms with Gasteiger partial charge in [-0.25, -0.2) is 0 Å². The van der Waals surface area contributed by atoms with Crippen molar-refractivity contribution in [2.24, 2.45) is 0 Å². The Balaban J connectivity index is 1.70. The number of fused-ring (bicyclic) bond motifs is 1. The van der Waals surface area contributed by atoms with Gasteiger partial charge in [-0.2, -0.15) is 4.68 Å². The zero-order valence-corrected chi connectivity index (χ0v) is 21.7. The molecule has 36 heavy (non-hydrogen) atoms. The van der Waals surface area contributed by atoms with E-state index in [-0.39, 0.29) is 5.78 Å². The number of unbranched alkanes of at least 4 members (excludes halogenated alkanes) is 7. The van der Waals surface area contributed by atoms with Gasteiger partial charge in [-0.3, -0.25) is 4.79 Å². The lowest BCUT2D eigenvalue weighted by Gasteiger charge is -2.33. The van der Waals surface area contributed by atoms with Gasteiger partial charge in [0.25, 0.3) is 5.72 Å². The Morgan fingerprint density at radius 2 is 1.47 bits per heavy atom. The van der Waals surface area contributed by atoms with Gasteiger partial charge in [0.2, 0.25) is 5.78 Å². The number of hydrogen-bond donors (Lipinski definition) is 0. The first-order chi connectivity index (χ1) is 17.6. The van der Waals surface area contributed by atoms with Gasteiger partial charge in [0, 0.05) is 17.0 Å². The van der Waals surface area contributed by atoms with Crippen LogP contribution in [0, 0.1) is 0 Å². The molecule has 5 nitrogen and oxygen atoms in total. The second-order valence-electron chi connectivity index (χ2n) is 9.25. The maximum absolute atomic E-state index is 14.3. The number of rotatable bonds is 14. The molecule has 0 amide bonds. The van der Waals surface area contributed by atoms with Crippen LogP contribution in [0.25, 0.3) is 11.0 Å². The zero-order valence-electron chi connectivity index (χ0n) is 20.9. The van der Waals surface area contributed by atoms with E-state index < -0.39 is 5.72 Å². The summed E-state index contributed by atoms with van der Waals surface area (Å²) in [6.45, 7) is 2.23. The average Bonchev–Trinajstić information content (AvgIpc) is 3.35. The first kappa shape index (κ1) is 25.9. The fraction of sp³-hybridized carbons (Fsp3) is 0.367. The van der Waals surface area contributed by atoms with Crippen LogP contribution in [-0.4, -0.2) is 20.8 Å². The molecule has 0 saturated carbocycles. The Morgan fingerprint density at radius 3 is 2.19 bits per heavy atom. The van der Waals surface area contributed by atoms with Crippen LogP contribution in [0.2, 0.25) is 5.02 Å². The number of Topliss-reactive ketones (excluding diaryl/α,β-unsaturated/α-hetero) is 1. The Morgan fingerprint density at radius 1 is 0.833 bits per heavy atom. The molecule has 1 unspecified atom stereocenters. The lowest BCUT2D eigenvalue weighted by atomic mass is 9.93. The Bertz CT molecular complexity index is 1240. The summed E-state index contributed by atoms with van der Waals surface area (Å²) in [6.07, 6.45) is 9.77. The SMILES string of the molecule is CCCCCCCCCCC(Oc1ccccc1)(C(=O)c1ccc(Cl)cc1)n1nnc2ccccc21. The highest BCUT2D eigenvalue weighted by atomic mass is 35.5. The molecule has 0 aliphatic heterocycles. The molecule has 3 aromatic carbocycles. The third-order valence-electron chi connectivity index (χ3n) is 6.55. The quantitative estimate of drug-likeness (QED) is 0.128. The molecule has 6 heteroatoms. The average molecular weight is 504 g/mol. The summed E-state index contributed by atoms with van der Waals surface area (Å²) in [7, 11) is 0. The number of ether oxygens (including phenoxy) is 1. The number of benzene rings is 3. The summed E-state index contributed by atoms with van der Waals surface area (Å²) < 4.78 is 8.31. The van der Waals surface area contributed by atoms with E-state index in [1.165, 1.54) is 32.1 Å². The first-order valence-electron chi connectivity index (χ1n) is 13.0. The first-order valence-corrected chi connectivity index (χ1v) is 13.4. The van der Waals surface area contributed by atoms with E-state index in [0.29, 0.717) is 22.8 Å². The Kier molecular flexibility index (Phi) is 9.12. The van der Waals surface area contributed by atoms with Crippen molar-refractivity contribution in [2.75, 3.05) is 0 Å². The smallest absolute Gasteiger partial charge is 0.266 e. The molecule has 0 bridgehead atoms.